The van der Waals surface area contributed by atoms with Crippen LogP contribution in [0.15, 0.2) is 225 Å². The van der Waals surface area contributed by atoms with Gasteiger partial charge in [0.15, 0.2) is 0 Å². The number of benzene rings is 12. The number of fused-ring (bicyclic) bond motifs is 9. The largest absolute Gasteiger partial charge is 0.507 e. The Morgan fingerprint density at radius 2 is 0.969 bits per heavy atom. The Morgan fingerprint density at radius 3 is 1.57 bits per heavy atom. The van der Waals surface area contributed by atoms with Crippen LogP contribution in [-0.4, -0.2) is 80.2 Å². The molecule has 0 saturated heterocycles. The van der Waals surface area contributed by atoms with Gasteiger partial charge in [-0.15, -0.1) is 0 Å². The summed E-state index contributed by atoms with van der Waals surface area (Å²) >= 11 is 25.3. The minimum Gasteiger partial charge on any atom is -0.507 e. The number of aryl methyl sites for hydroxylation is 6. The van der Waals surface area contributed by atoms with Crippen LogP contribution in [0.4, 0.5) is 11.4 Å². The van der Waals surface area contributed by atoms with E-state index >= 15 is 0 Å². The molecule has 0 fully saturated rings. The average Bonchev–Trinajstić information content (AvgIpc) is 0.730. The predicted molar refractivity (Wildman–Crippen MR) is 501 cm³/mol. The van der Waals surface area contributed by atoms with E-state index in [1.54, 1.807) is 97.9 Å². The number of halogens is 4. The van der Waals surface area contributed by atoms with Gasteiger partial charge in [-0.3, -0.25) is 24.5 Å². The number of hydrogen-bond donors (Lipinski definition) is 10. The summed E-state index contributed by atoms with van der Waals surface area (Å²) in [6.07, 6.45) is 0. The molecule has 2 aliphatic heterocycles. The van der Waals surface area contributed by atoms with E-state index in [0.717, 1.165) is 61.1 Å². The molecule has 10 aromatic carbocycles. The maximum Gasteiger partial charge on any atom is 0.336 e. The molecule has 0 amide bonds. The summed E-state index contributed by atoms with van der Waals surface area (Å²) < 4.78 is 18.3. The number of phenols is 4. The summed E-state index contributed by atoms with van der Waals surface area (Å²) in [7, 11) is 0. The van der Waals surface area contributed by atoms with Crippen LogP contribution >= 0.6 is 46.4 Å². The third kappa shape index (κ3) is 16.4. The zero-order valence-electron chi connectivity index (χ0n) is 69.6. The molecule has 14 aromatic rings. The number of rotatable bonds is 18. The van der Waals surface area contributed by atoms with Crippen molar-refractivity contribution in [2.45, 2.75) is 87.5 Å². The molecular formula is C101H79Cl4N7O15. The van der Waals surface area contributed by atoms with Gasteiger partial charge in [-0.25, -0.2) is 19.4 Å². The lowest BCUT2D eigenvalue weighted by Gasteiger charge is -2.25. The molecule has 127 heavy (non-hydrogen) atoms. The van der Waals surface area contributed by atoms with E-state index in [0.29, 0.717) is 145 Å². The van der Waals surface area contributed by atoms with Crippen molar-refractivity contribution in [3.05, 3.63) is 320 Å². The first-order valence-corrected chi connectivity index (χ1v) is 41.9. The molecule has 22 nitrogen and oxygen atoms in total. The predicted octanol–water partition coefficient (Wildman–Crippen LogP) is 24.2. The molecule has 10 N–H and O–H groups in total. The van der Waals surface area contributed by atoms with Crippen molar-refractivity contribution in [2.24, 2.45) is 0 Å². The molecule has 26 heteroatoms. The monoisotopic (exact) mass is 1770 g/mol. The lowest BCUT2D eigenvalue weighted by atomic mass is 9.88. The number of carbonyl (C=O) groups is 3. The van der Waals surface area contributed by atoms with E-state index in [1.165, 1.54) is 42.5 Å². The second kappa shape index (κ2) is 35.0. The highest BCUT2D eigenvalue weighted by atomic mass is 35.5. The molecule has 0 bridgehead atoms. The number of carboxylic acid groups (broad SMARTS) is 3. The van der Waals surface area contributed by atoms with E-state index < -0.39 is 34.8 Å². The van der Waals surface area contributed by atoms with Crippen LogP contribution in [0.5, 0.6) is 28.7 Å². The van der Waals surface area contributed by atoms with Crippen molar-refractivity contribution >= 4 is 152 Å². The van der Waals surface area contributed by atoms with Crippen molar-refractivity contribution in [3.63, 3.8) is 0 Å². The third-order valence-electron chi connectivity index (χ3n) is 22.8. The molecule has 18 rings (SSSR count). The summed E-state index contributed by atoms with van der Waals surface area (Å²) in [6.45, 7) is 18.2. The third-order valence-corrected chi connectivity index (χ3v) is 24.0. The fourth-order valence-corrected chi connectivity index (χ4v) is 17.3. The van der Waals surface area contributed by atoms with E-state index in [1.807, 2.05) is 96.1 Å². The molecule has 636 valence electrons. The SMILES string of the molecule is CCOc1cc(NCc2c(O)ccc3c(-c4ccc(C(=O)O)cc4)c4cc(Cl)c(=O)cc-4oc23)c2nc(C)ccc2c1.Cc1ccc2c(C)ccc(C(C)NC(C)c3c(O)c(C)cc4c(-c5ccccc5C(=O)O)c5cc(Cl)c(O)c(C)c5nc34)c2n1.Cc1ccc2c(Cl)ccc(NCc3c(O)ccc4c(-c5ccccc5C(=O)O)c5cc(Cl)c(=O)cc-5oc34)c2n1. The normalized spacial score (nSPS) is 11.9. The number of pyridine rings is 4. The van der Waals surface area contributed by atoms with Gasteiger partial charge in [0.25, 0.3) is 0 Å². The van der Waals surface area contributed by atoms with Gasteiger partial charge < -0.3 is 65.3 Å². The molecule has 0 saturated carbocycles. The average molecular weight is 1770 g/mol. The van der Waals surface area contributed by atoms with Crippen LogP contribution in [0, 0.1) is 41.5 Å². The maximum absolute atomic E-state index is 12.5. The van der Waals surface area contributed by atoms with Crippen LogP contribution in [0.1, 0.15) is 120 Å². The summed E-state index contributed by atoms with van der Waals surface area (Å²) in [5.74, 6) is -2.10. The Balaban J connectivity index is 0.000000140. The second-order valence-electron chi connectivity index (χ2n) is 31.1. The van der Waals surface area contributed by atoms with E-state index in [-0.39, 0.29) is 85.4 Å². The Labute approximate surface area is 745 Å². The summed E-state index contributed by atoms with van der Waals surface area (Å²) in [4.78, 5) is 80.3. The maximum atomic E-state index is 12.5. The van der Waals surface area contributed by atoms with Crippen LogP contribution in [-0.2, 0) is 13.1 Å². The summed E-state index contributed by atoms with van der Waals surface area (Å²) in [6, 6.07) is 58.2. The van der Waals surface area contributed by atoms with Gasteiger partial charge >= 0.3 is 17.9 Å². The Bertz CT molecular complexity index is 7670. The first-order chi connectivity index (χ1) is 60.8. The fourth-order valence-electron chi connectivity index (χ4n) is 16.5. The van der Waals surface area contributed by atoms with Crippen molar-refractivity contribution in [1.29, 1.82) is 0 Å². The van der Waals surface area contributed by atoms with Crippen LogP contribution in [0.25, 0.3) is 132 Å². The lowest BCUT2D eigenvalue weighted by molar-refractivity contribution is 0.0686. The number of nitrogens with one attached hydrogen (secondary N) is 3. The minimum absolute atomic E-state index is 0.00371. The van der Waals surface area contributed by atoms with Crippen LogP contribution in [0.2, 0.25) is 20.1 Å². The van der Waals surface area contributed by atoms with Crippen molar-refractivity contribution in [3.8, 4) is 84.8 Å². The number of carboxylic acids is 3. The number of aromatic hydroxyl groups is 4. The number of phenolic OH excluding ortho intramolecular Hbond substituents is 4. The van der Waals surface area contributed by atoms with Crippen molar-refractivity contribution in [2.75, 3.05) is 17.2 Å². The highest BCUT2D eigenvalue weighted by molar-refractivity contribution is 6.36. The zero-order chi connectivity index (χ0) is 90.0. The summed E-state index contributed by atoms with van der Waals surface area (Å²) in [5, 5.41) is 90.2. The van der Waals surface area contributed by atoms with Gasteiger partial charge in [-0.05, 0) is 211 Å². The topological polar surface area (TPSA) is 350 Å². The van der Waals surface area contributed by atoms with Gasteiger partial charge in [-0.2, -0.15) is 0 Å². The Hall–Kier alpha value is -14.4. The number of aromatic nitrogens is 4. The van der Waals surface area contributed by atoms with Crippen LogP contribution < -0.4 is 31.5 Å². The van der Waals surface area contributed by atoms with Gasteiger partial charge in [0.1, 0.15) is 51.4 Å². The standard InChI is InChI=1S/C37H34ClN3O4.C33H25ClN2O6.C31H20Cl2N2O5/c1-17-11-13-24(33-23(17)14-12-19(3)39-33)21(5)40-22(6)30-34-27(15-18(2)35(30)42)31(25-9-7-8-10-26(25)37(44)45)28-16-29(38)36(43)20(4)32(28)41-34;1-3-41-21-12-20-5-4-17(2)36-31(20)26(13-21)35-16-24-27(37)11-10-22-30(18-6-8-19(9-7-18)33(39)40)23-14-25(34)28(38)15-29(23)42-32(22)24;1-15-6-7-18-22(32)9-10-24(29(18)35-15)34-14-21-25(36)11-8-19-28(16-4-2-3-5-17(16)31(38)39)20-12-23(33)26(37)13-27(20)40-30(19)21/h7-16,21-22,40,42-43H,1-6H3,(H,44,45);4-15,35,37H,3,16H2,1-2H3,(H,39,40);2-13,34,36H,14H2,1H3,(H,38,39). The van der Waals surface area contributed by atoms with E-state index in [2.05, 4.69) is 53.0 Å². The number of anilines is 2. The number of ether oxygens (including phenoxy) is 1. The Kier molecular flexibility index (Phi) is 23.7. The number of nitrogens with zero attached hydrogens (tertiary/aromatic N) is 4. The molecule has 4 aromatic heterocycles. The van der Waals surface area contributed by atoms with Crippen molar-refractivity contribution in [1.82, 2.24) is 25.3 Å². The second-order valence-corrected chi connectivity index (χ2v) is 32.7. The first-order valence-electron chi connectivity index (χ1n) is 40.3. The number of hydrogen-bond acceptors (Lipinski definition) is 19. The van der Waals surface area contributed by atoms with E-state index in [9.17, 15) is 59.7 Å². The molecule has 0 spiro atoms. The lowest BCUT2D eigenvalue weighted by Crippen LogP contribution is -2.23. The molecule has 2 aliphatic carbocycles. The van der Waals surface area contributed by atoms with Gasteiger partial charge in [0.2, 0.25) is 10.9 Å². The fraction of sp³-hybridized carbons (Fsp3) is 0.139. The molecule has 6 heterocycles. The van der Waals surface area contributed by atoms with Gasteiger partial charge in [0.05, 0.1) is 93.5 Å². The molecular weight excluding hydrogens is 1690 g/mol. The first kappa shape index (κ1) is 86.1. The molecule has 4 aliphatic rings. The van der Waals surface area contributed by atoms with Gasteiger partial charge in [-0.1, -0.05) is 119 Å². The number of aromatic carboxylic acids is 3. The highest BCUT2D eigenvalue weighted by Gasteiger charge is 2.31. The molecule has 2 unspecified atom stereocenters. The zero-order valence-corrected chi connectivity index (χ0v) is 72.6. The summed E-state index contributed by atoms with van der Waals surface area (Å²) in [5.41, 5.74) is 16.7. The quantitative estimate of drug-likeness (QED) is 0.0357. The Morgan fingerprint density at radius 1 is 0.433 bits per heavy atom. The van der Waals surface area contributed by atoms with Crippen LogP contribution in [0.3, 0.4) is 0 Å². The van der Waals surface area contributed by atoms with E-state index in [4.69, 9.17) is 74.9 Å². The van der Waals surface area contributed by atoms with Gasteiger partial charge in [0, 0.05) is 137 Å². The minimum atomic E-state index is -1.11. The smallest absolute Gasteiger partial charge is 0.336 e. The van der Waals surface area contributed by atoms with Crippen molar-refractivity contribution < 1.29 is 63.7 Å². The highest BCUT2D eigenvalue weighted by Crippen LogP contribution is 2.50. The molecule has 2 atom stereocenters. The molecule has 0 radical (unpaired) electrons.